The number of amides is 1. The van der Waals surface area contributed by atoms with Gasteiger partial charge in [0.15, 0.2) is 0 Å². The molecule has 0 saturated carbocycles. The summed E-state index contributed by atoms with van der Waals surface area (Å²) in [7, 11) is 0. The quantitative estimate of drug-likeness (QED) is 0.865. The highest BCUT2D eigenvalue weighted by Gasteiger charge is 2.38. The molecule has 0 aromatic heterocycles. The summed E-state index contributed by atoms with van der Waals surface area (Å²) in [6.45, 7) is 8.65. The van der Waals surface area contributed by atoms with E-state index in [4.69, 9.17) is 0 Å². The molecule has 0 spiro atoms. The third-order valence-corrected chi connectivity index (χ3v) is 5.02. The van der Waals surface area contributed by atoms with Crippen molar-refractivity contribution in [3.63, 3.8) is 0 Å². The largest absolute Gasteiger partial charge is 0.368 e. The first-order valence-electron chi connectivity index (χ1n) is 8.44. The van der Waals surface area contributed by atoms with Crippen molar-refractivity contribution in [2.75, 3.05) is 37.6 Å². The second-order valence-electron chi connectivity index (χ2n) is 6.83. The standard InChI is InChI=1S/C18H27N3O.2ClH/c1-15-6-5-7-16(14-15)20-10-12-21(13-11-20)17(22)18(2)8-3-4-9-19-18;;/h5-7,14,19H,3-4,8-13H2,1-2H3;2*1H. The van der Waals surface area contributed by atoms with Crippen LogP contribution < -0.4 is 10.2 Å². The number of nitrogens with one attached hydrogen (secondary N) is 1. The smallest absolute Gasteiger partial charge is 0.242 e. The summed E-state index contributed by atoms with van der Waals surface area (Å²) in [5.41, 5.74) is 2.22. The zero-order valence-corrected chi connectivity index (χ0v) is 16.2. The fourth-order valence-corrected chi connectivity index (χ4v) is 3.58. The van der Waals surface area contributed by atoms with Crippen molar-refractivity contribution in [3.8, 4) is 0 Å². The highest BCUT2D eigenvalue weighted by molar-refractivity contribution is 5.86. The van der Waals surface area contributed by atoms with Crippen molar-refractivity contribution in [1.82, 2.24) is 10.2 Å². The summed E-state index contributed by atoms with van der Waals surface area (Å²) >= 11 is 0. The second kappa shape index (κ2) is 8.93. The van der Waals surface area contributed by atoms with Crippen LogP contribution in [0, 0.1) is 6.92 Å². The molecule has 0 aliphatic carbocycles. The van der Waals surface area contributed by atoms with E-state index in [1.54, 1.807) is 0 Å². The van der Waals surface area contributed by atoms with Crippen LogP contribution in [-0.4, -0.2) is 49.1 Å². The molecule has 1 unspecified atom stereocenters. The fraction of sp³-hybridized carbons (Fsp3) is 0.611. The Morgan fingerprint density at radius 3 is 2.42 bits per heavy atom. The lowest BCUT2D eigenvalue weighted by molar-refractivity contribution is -0.139. The van der Waals surface area contributed by atoms with Crippen molar-refractivity contribution >= 4 is 36.4 Å². The van der Waals surface area contributed by atoms with Gasteiger partial charge in [-0.2, -0.15) is 0 Å². The summed E-state index contributed by atoms with van der Waals surface area (Å²) in [4.78, 5) is 17.2. The number of hydrogen-bond donors (Lipinski definition) is 1. The maximum Gasteiger partial charge on any atom is 0.242 e. The third kappa shape index (κ3) is 4.56. The van der Waals surface area contributed by atoms with Crippen molar-refractivity contribution in [1.29, 1.82) is 0 Å². The molecule has 1 aromatic carbocycles. The summed E-state index contributed by atoms with van der Waals surface area (Å²) in [5, 5.41) is 3.44. The normalized spacial score (nSPS) is 23.9. The number of nitrogens with zero attached hydrogens (tertiary/aromatic N) is 2. The minimum absolute atomic E-state index is 0. The van der Waals surface area contributed by atoms with Crippen LogP contribution in [0.4, 0.5) is 5.69 Å². The number of piperidine rings is 1. The Bertz CT molecular complexity index is 539. The summed E-state index contributed by atoms with van der Waals surface area (Å²) < 4.78 is 0. The van der Waals surface area contributed by atoms with Crippen molar-refractivity contribution in [3.05, 3.63) is 29.8 Å². The molecule has 2 aliphatic heterocycles. The predicted molar refractivity (Wildman–Crippen MR) is 105 cm³/mol. The maximum atomic E-state index is 12.8. The molecule has 2 saturated heterocycles. The Morgan fingerprint density at radius 2 is 1.83 bits per heavy atom. The van der Waals surface area contributed by atoms with E-state index in [0.29, 0.717) is 0 Å². The first kappa shape index (κ1) is 21.1. The van der Waals surface area contributed by atoms with Gasteiger partial charge in [0.2, 0.25) is 5.91 Å². The zero-order chi connectivity index (χ0) is 15.6. The van der Waals surface area contributed by atoms with E-state index in [-0.39, 0.29) is 36.3 Å². The number of benzene rings is 1. The second-order valence-corrected chi connectivity index (χ2v) is 6.83. The first-order valence-corrected chi connectivity index (χ1v) is 8.44. The van der Waals surface area contributed by atoms with Crippen LogP contribution >= 0.6 is 24.8 Å². The Kier molecular flexibility index (Phi) is 7.84. The SMILES string of the molecule is Cc1cccc(N2CCN(C(=O)C3(C)CCCCN3)CC2)c1.Cl.Cl. The van der Waals surface area contributed by atoms with Crippen LogP contribution in [0.15, 0.2) is 24.3 Å². The van der Waals surface area contributed by atoms with Gasteiger partial charge in [-0.05, 0) is 57.4 Å². The Morgan fingerprint density at radius 1 is 1.12 bits per heavy atom. The number of carbonyl (C=O) groups is 1. The van der Waals surface area contributed by atoms with E-state index in [2.05, 4.69) is 48.3 Å². The maximum absolute atomic E-state index is 12.8. The minimum atomic E-state index is -0.343. The van der Waals surface area contributed by atoms with Crippen LogP contribution in [0.5, 0.6) is 0 Å². The van der Waals surface area contributed by atoms with Gasteiger partial charge in [0.1, 0.15) is 0 Å². The Labute approximate surface area is 157 Å². The van der Waals surface area contributed by atoms with E-state index in [9.17, 15) is 4.79 Å². The molecule has 1 amide bonds. The van der Waals surface area contributed by atoms with Gasteiger partial charge in [0.25, 0.3) is 0 Å². The average molecular weight is 374 g/mol. The van der Waals surface area contributed by atoms with Gasteiger partial charge in [-0.3, -0.25) is 4.79 Å². The van der Waals surface area contributed by atoms with E-state index >= 15 is 0 Å². The van der Waals surface area contributed by atoms with Gasteiger partial charge in [-0.15, -0.1) is 24.8 Å². The lowest BCUT2D eigenvalue weighted by atomic mass is 9.89. The molecule has 24 heavy (non-hydrogen) atoms. The lowest BCUT2D eigenvalue weighted by Gasteiger charge is -2.42. The number of hydrogen-bond acceptors (Lipinski definition) is 3. The van der Waals surface area contributed by atoms with E-state index in [1.807, 2.05) is 4.90 Å². The molecule has 2 heterocycles. The summed E-state index contributed by atoms with van der Waals surface area (Å²) in [6.07, 6.45) is 3.30. The van der Waals surface area contributed by atoms with E-state index < -0.39 is 0 Å². The lowest BCUT2D eigenvalue weighted by Crippen LogP contribution is -2.61. The zero-order valence-electron chi connectivity index (χ0n) is 14.6. The van der Waals surface area contributed by atoms with Gasteiger partial charge in [-0.25, -0.2) is 0 Å². The molecule has 0 radical (unpaired) electrons. The number of carbonyl (C=O) groups excluding carboxylic acids is 1. The molecule has 6 heteroatoms. The van der Waals surface area contributed by atoms with Gasteiger partial charge < -0.3 is 15.1 Å². The molecule has 1 atom stereocenters. The van der Waals surface area contributed by atoms with Gasteiger partial charge in [-0.1, -0.05) is 12.1 Å². The van der Waals surface area contributed by atoms with Gasteiger partial charge in [0.05, 0.1) is 5.54 Å². The molecule has 2 fully saturated rings. The molecule has 1 N–H and O–H groups in total. The van der Waals surface area contributed by atoms with Crippen LogP contribution in [0.1, 0.15) is 31.7 Å². The van der Waals surface area contributed by atoms with Crippen LogP contribution in [0.3, 0.4) is 0 Å². The number of piperazine rings is 1. The average Bonchev–Trinajstić information content (AvgIpc) is 2.55. The molecular formula is C18H29Cl2N3O. The molecule has 1 aromatic rings. The first-order chi connectivity index (χ1) is 10.6. The minimum Gasteiger partial charge on any atom is -0.368 e. The van der Waals surface area contributed by atoms with Gasteiger partial charge in [0, 0.05) is 31.9 Å². The Hall–Kier alpha value is -0.970. The molecule has 2 aliphatic rings. The molecule has 3 rings (SSSR count). The van der Waals surface area contributed by atoms with Crippen LogP contribution in [0.2, 0.25) is 0 Å². The number of anilines is 1. The summed E-state index contributed by atoms with van der Waals surface area (Å²) in [6, 6.07) is 8.62. The van der Waals surface area contributed by atoms with E-state index in [1.165, 1.54) is 17.7 Å². The summed E-state index contributed by atoms with van der Waals surface area (Å²) in [5.74, 6) is 0.288. The van der Waals surface area contributed by atoms with Crippen LogP contribution in [0.25, 0.3) is 0 Å². The monoisotopic (exact) mass is 373 g/mol. The van der Waals surface area contributed by atoms with Crippen LogP contribution in [-0.2, 0) is 4.79 Å². The van der Waals surface area contributed by atoms with Crippen molar-refractivity contribution in [2.24, 2.45) is 0 Å². The van der Waals surface area contributed by atoms with Gasteiger partial charge >= 0.3 is 0 Å². The fourth-order valence-electron chi connectivity index (χ4n) is 3.58. The molecule has 0 bridgehead atoms. The third-order valence-electron chi connectivity index (χ3n) is 5.02. The molecule has 4 nitrogen and oxygen atoms in total. The highest BCUT2D eigenvalue weighted by atomic mass is 35.5. The number of rotatable bonds is 2. The molecule has 136 valence electrons. The highest BCUT2D eigenvalue weighted by Crippen LogP contribution is 2.23. The number of aryl methyl sites for hydroxylation is 1. The molecular weight excluding hydrogens is 345 g/mol. The van der Waals surface area contributed by atoms with Crippen molar-refractivity contribution < 1.29 is 4.79 Å². The Balaban J connectivity index is 0.00000144. The van der Waals surface area contributed by atoms with Crippen molar-refractivity contribution in [2.45, 2.75) is 38.6 Å². The van der Waals surface area contributed by atoms with E-state index in [0.717, 1.165) is 45.6 Å². The topological polar surface area (TPSA) is 35.6 Å². The predicted octanol–water partition coefficient (Wildman–Crippen LogP) is 3.02. The number of halogens is 2.